The Hall–Kier alpha value is -1.99. The summed E-state index contributed by atoms with van der Waals surface area (Å²) in [5.74, 6) is -3.96. The predicted octanol–water partition coefficient (Wildman–Crippen LogP) is 1.90. The number of hydrogen-bond donors (Lipinski definition) is 2. The maximum atomic E-state index is 14.5. The number of halogens is 2. The first kappa shape index (κ1) is 11.8. The lowest BCUT2D eigenvalue weighted by atomic mass is 9.72. The lowest BCUT2D eigenvalue weighted by Crippen LogP contribution is -2.59. The molecule has 2 bridgehead atoms. The fourth-order valence-electron chi connectivity index (χ4n) is 5.37. The van der Waals surface area contributed by atoms with E-state index in [1.54, 1.807) is 6.92 Å². The van der Waals surface area contributed by atoms with Gasteiger partial charge in [0.15, 0.2) is 0 Å². The number of likely N-dealkylation sites (N-methyl/N-ethyl adjacent to an activating group) is 1. The summed E-state index contributed by atoms with van der Waals surface area (Å²) in [5.41, 5.74) is -1.82. The van der Waals surface area contributed by atoms with Crippen LogP contribution >= 0.6 is 0 Å². The van der Waals surface area contributed by atoms with E-state index in [2.05, 4.69) is 16.6 Å². The van der Waals surface area contributed by atoms with Gasteiger partial charge in [0, 0.05) is 78.6 Å². The van der Waals surface area contributed by atoms with Crippen molar-refractivity contribution in [3.8, 4) is 11.8 Å². The molecule has 196 valence electrons. The number of alkyl halides is 2. The van der Waals surface area contributed by atoms with Gasteiger partial charge in [-0.05, 0) is 38.5 Å². The predicted molar refractivity (Wildman–Crippen MR) is 129 cm³/mol. The average molecular weight is 520 g/mol. The van der Waals surface area contributed by atoms with E-state index in [1.165, 1.54) is 0 Å². The first-order valence-electron chi connectivity index (χ1n) is 19.9. The molecule has 5 unspecified atom stereocenters. The highest BCUT2D eigenvalue weighted by atomic mass is 19.3. The van der Waals surface area contributed by atoms with Crippen molar-refractivity contribution in [3.63, 3.8) is 0 Å². The van der Waals surface area contributed by atoms with Crippen LogP contribution in [0.5, 0.6) is 0 Å². The van der Waals surface area contributed by atoms with Gasteiger partial charge in [0.1, 0.15) is 7.55 Å². The lowest BCUT2D eigenvalue weighted by molar-refractivity contribution is -0.198. The van der Waals surface area contributed by atoms with Crippen molar-refractivity contribution in [2.45, 2.75) is 87.8 Å². The molecular weight excluding hydrogens is 466 g/mol. The second-order valence-corrected chi connectivity index (χ2v) is 9.55. The van der Waals surface area contributed by atoms with Crippen LogP contribution in [0.1, 0.15) is 67.2 Å². The number of carbonyl (C=O) groups is 1. The Balaban J connectivity index is 1.62. The third-order valence-corrected chi connectivity index (χ3v) is 6.79. The van der Waals surface area contributed by atoms with Crippen molar-refractivity contribution in [1.29, 1.82) is 0 Å². The summed E-state index contributed by atoms with van der Waals surface area (Å²) in [5, 5.41) is 9.84. The van der Waals surface area contributed by atoms with E-state index >= 15 is 0 Å². The molecule has 4 aliphatic heterocycles. The largest absolute Gasteiger partial charge is 0.388 e. The zero-order chi connectivity index (χ0) is 40.3. The molecule has 5 fully saturated rings. The number of amides is 1. The molecule has 0 aromatic carbocycles. The van der Waals surface area contributed by atoms with Gasteiger partial charge in [-0.2, -0.15) is 8.78 Å². The number of fused-ring (bicyclic) bond motifs is 9. The number of nitrogens with zero attached hydrogens (tertiary/aromatic N) is 3. The summed E-state index contributed by atoms with van der Waals surface area (Å²) in [6.45, 7) is -5.30. The van der Waals surface area contributed by atoms with Crippen LogP contribution in [0.2, 0.25) is 1.41 Å². The van der Waals surface area contributed by atoms with E-state index in [-0.39, 0.29) is 17.3 Å². The molecule has 1 amide bonds. The molecule has 6 aliphatic rings. The Bertz CT molecular complexity index is 1750. The van der Waals surface area contributed by atoms with Gasteiger partial charge in [-0.15, -0.1) is 0 Å². The highest BCUT2D eigenvalue weighted by Crippen LogP contribution is 2.50. The summed E-state index contributed by atoms with van der Waals surface area (Å²) in [4.78, 5) is 16.4. The van der Waals surface area contributed by atoms with Crippen LogP contribution in [-0.4, -0.2) is 94.8 Å². The molecule has 1 saturated carbocycles. The van der Waals surface area contributed by atoms with E-state index in [0.717, 1.165) is 12.2 Å². The fraction of sp³-hybridized carbons (Fsp3) is 0.741. The highest BCUT2D eigenvalue weighted by Gasteiger charge is 2.60. The minimum absolute atomic E-state index is 0.122. The first-order valence-corrected chi connectivity index (χ1v) is 11.5. The molecule has 4 saturated heterocycles. The van der Waals surface area contributed by atoms with Crippen molar-refractivity contribution < 1.29 is 46.8 Å². The summed E-state index contributed by atoms with van der Waals surface area (Å²) in [7, 11) is 0. The van der Waals surface area contributed by atoms with Gasteiger partial charge in [0.2, 0.25) is 5.91 Å². The lowest BCUT2D eigenvalue weighted by Gasteiger charge is -2.45. The van der Waals surface area contributed by atoms with Crippen LogP contribution in [0.15, 0.2) is 23.4 Å². The van der Waals surface area contributed by atoms with Crippen molar-refractivity contribution in [2.75, 3.05) is 26.6 Å². The van der Waals surface area contributed by atoms with E-state index in [0.29, 0.717) is 24.5 Å². The van der Waals surface area contributed by atoms with Gasteiger partial charge < -0.3 is 19.6 Å². The van der Waals surface area contributed by atoms with Crippen LogP contribution < -0.4 is 5.31 Å². The molecule has 7 nitrogen and oxygen atoms in total. The number of hydrogen-bond acceptors (Lipinski definition) is 6. The molecular formula is C27H36F2N4O3. The third kappa shape index (κ3) is 4.16. The molecule has 9 heteroatoms. The van der Waals surface area contributed by atoms with Crippen LogP contribution in [-0.2, 0) is 9.53 Å². The number of likely N-dealkylation sites (tertiary alicyclic amines) is 2. The van der Waals surface area contributed by atoms with E-state index in [1.807, 2.05) is 4.90 Å². The maximum Gasteiger partial charge on any atom is 0.345 e. The summed E-state index contributed by atoms with van der Waals surface area (Å²) in [6.07, 6.45) is -22.6. The zero-order valence-electron chi connectivity index (χ0n) is 36.2. The number of carbonyl (C=O) groups excluding carboxylic acids is 1. The number of aliphatic hydroxyl groups is 1. The SMILES string of the molecule is [2H]N1C2([2H])C(=CC(C#CCCN3CC(C)(O)C3)=CC2([2H])[2H])N2[C@@H]3C[C@@]([2H])(N(C([2H])([2H])[2H])C(=O)C4([2H])C3C([2H])(OC(F)F)C([2H])([2H])C([2H])([2H])C4([2H])[2H])C21[2H]. The smallest absolute Gasteiger partial charge is 0.345 e. The van der Waals surface area contributed by atoms with Gasteiger partial charge in [-0.3, -0.25) is 15.0 Å². The first-order chi connectivity index (χ1) is 23.7. The summed E-state index contributed by atoms with van der Waals surface area (Å²) in [6, 6.07) is -8.96. The van der Waals surface area contributed by atoms with E-state index in [4.69, 9.17) is 17.9 Å². The van der Waals surface area contributed by atoms with Gasteiger partial charge in [-0.1, -0.05) is 24.3 Å². The standard InChI is InChI=1S/C27H36F2N4O3/c1-27(35)14-32(15-27)11-4-3-6-16-9-10-18-19(12-16)33-20-13-21(24(33)30-18)31(2)25(34)17-7-5-8-22(23(17)20)36-26(28)29/h9,12,17-18,20-24,26,30,35H,4-5,7-8,10-11,13-15H2,1-2H3/t17?,18?,20-,21-,22?,23?,24?/m1/s1/i2D3,5D2,7D2,8D2,10D2,17D,18D,21D,22D,24D/hD. The van der Waals surface area contributed by atoms with Crippen LogP contribution in [0.25, 0.3) is 0 Å². The number of β-amino-alcohol motifs (C(OH)–C–C–N with tert-alkyl or cyclic N) is 1. The van der Waals surface area contributed by atoms with Crippen molar-refractivity contribution >= 4 is 5.91 Å². The van der Waals surface area contributed by atoms with Gasteiger partial charge >= 0.3 is 6.61 Å². The van der Waals surface area contributed by atoms with Crippen LogP contribution in [0.3, 0.4) is 0 Å². The van der Waals surface area contributed by atoms with Crippen molar-refractivity contribution in [2.24, 2.45) is 11.8 Å². The molecule has 2 N–H and O–H groups in total. The molecule has 7 atom stereocenters. The molecule has 2 aliphatic carbocycles. The molecule has 0 aromatic heterocycles. The molecule has 6 rings (SSSR count). The highest BCUT2D eigenvalue weighted by molar-refractivity contribution is 5.80. The summed E-state index contributed by atoms with van der Waals surface area (Å²) >= 11 is 0. The Morgan fingerprint density at radius 3 is 3.06 bits per heavy atom. The number of allylic oxidation sites excluding steroid dienone is 2. The van der Waals surface area contributed by atoms with Crippen molar-refractivity contribution in [1.82, 2.24) is 20.0 Å². The Kier molecular flexibility index (Phi) is 2.98. The number of rotatable bonds is 4. The van der Waals surface area contributed by atoms with Crippen molar-refractivity contribution in [3.05, 3.63) is 23.4 Å². The fourth-order valence-corrected chi connectivity index (χ4v) is 5.37. The minimum atomic E-state index is -4.23. The maximum absolute atomic E-state index is 14.5. The Morgan fingerprint density at radius 2 is 2.31 bits per heavy atom. The second-order valence-electron chi connectivity index (χ2n) is 9.55. The summed E-state index contributed by atoms with van der Waals surface area (Å²) < 4.78 is 183. The molecule has 0 radical (unpaired) electrons. The minimum Gasteiger partial charge on any atom is -0.388 e. The molecule has 4 heterocycles. The van der Waals surface area contributed by atoms with Crippen LogP contribution in [0, 0.1) is 23.7 Å². The van der Waals surface area contributed by atoms with Gasteiger partial charge in [0.05, 0.1) is 29.2 Å². The normalized spacial score (nSPS) is 62.5. The monoisotopic (exact) mass is 519 g/mol. The Labute approximate surface area is 235 Å². The molecule has 0 aromatic rings. The topological polar surface area (TPSA) is 68.3 Å². The second kappa shape index (κ2) is 9.09. The van der Waals surface area contributed by atoms with Gasteiger partial charge in [-0.25, -0.2) is 0 Å². The quantitative estimate of drug-likeness (QED) is 0.553. The number of ether oxygens (including phenoxy) is 1. The Morgan fingerprint density at radius 1 is 1.47 bits per heavy atom. The van der Waals surface area contributed by atoms with Crippen LogP contribution in [0.4, 0.5) is 8.78 Å². The van der Waals surface area contributed by atoms with E-state index < -0.39 is 110 Å². The van der Waals surface area contributed by atoms with Gasteiger partial charge in [0.25, 0.3) is 0 Å². The third-order valence-electron chi connectivity index (χ3n) is 6.79. The number of nitrogens with one attached hydrogen (secondary N) is 1. The van der Waals surface area contributed by atoms with E-state index in [9.17, 15) is 24.2 Å². The zero-order valence-corrected chi connectivity index (χ0v) is 19.2. The molecule has 0 spiro atoms. The average Bonchev–Trinajstić information content (AvgIpc) is 3.26. The molecule has 36 heavy (non-hydrogen) atoms.